The topological polar surface area (TPSA) is 59.5 Å². The van der Waals surface area contributed by atoms with Gasteiger partial charge in [0.15, 0.2) is 0 Å². The summed E-state index contributed by atoms with van der Waals surface area (Å²) < 4.78 is 5.11. The molecule has 0 radical (unpaired) electrons. The first kappa shape index (κ1) is 11.0. The summed E-state index contributed by atoms with van der Waals surface area (Å²) in [6.07, 6.45) is 6.80. The Morgan fingerprint density at radius 1 is 1.62 bits per heavy atom. The van der Waals surface area contributed by atoms with Gasteiger partial charge in [0.05, 0.1) is 6.26 Å². The van der Waals surface area contributed by atoms with E-state index < -0.39 is 0 Å². The standard InChI is InChI=1S/C12H16N2O2/c13-10-3-1-7-14(9-10)12(15)6-5-11-4-2-8-16-11/h2,4-6,8,10H,1,3,7,9,13H2/b6-5+/t10-/m1/s1. The molecule has 1 aromatic rings. The van der Waals surface area contributed by atoms with Crippen molar-refractivity contribution in [3.63, 3.8) is 0 Å². The van der Waals surface area contributed by atoms with E-state index in [1.54, 1.807) is 23.3 Å². The third kappa shape index (κ3) is 2.73. The van der Waals surface area contributed by atoms with Gasteiger partial charge in [-0.15, -0.1) is 0 Å². The van der Waals surface area contributed by atoms with Gasteiger partial charge >= 0.3 is 0 Å². The van der Waals surface area contributed by atoms with E-state index in [2.05, 4.69) is 0 Å². The molecule has 1 aromatic heterocycles. The number of carbonyl (C=O) groups excluding carboxylic acids is 1. The largest absolute Gasteiger partial charge is 0.465 e. The number of hydrogen-bond acceptors (Lipinski definition) is 3. The summed E-state index contributed by atoms with van der Waals surface area (Å²) in [4.78, 5) is 13.6. The van der Waals surface area contributed by atoms with Gasteiger partial charge in [-0.1, -0.05) is 0 Å². The van der Waals surface area contributed by atoms with Crippen molar-refractivity contribution in [1.29, 1.82) is 0 Å². The minimum absolute atomic E-state index is 0.00606. The lowest BCUT2D eigenvalue weighted by atomic mass is 10.1. The van der Waals surface area contributed by atoms with Gasteiger partial charge in [0.1, 0.15) is 5.76 Å². The Morgan fingerprint density at radius 3 is 3.19 bits per heavy atom. The molecule has 1 fully saturated rings. The summed E-state index contributed by atoms with van der Waals surface area (Å²) in [6.45, 7) is 1.45. The molecule has 16 heavy (non-hydrogen) atoms. The molecule has 1 saturated heterocycles. The van der Waals surface area contributed by atoms with Gasteiger partial charge < -0.3 is 15.1 Å². The second-order valence-corrected chi connectivity index (χ2v) is 4.04. The zero-order valence-electron chi connectivity index (χ0n) is 9.13. The number of hydrogen-bond donors (Lipinski definition) is 1. The number of amides is 1. The Labute approximate surface area is 94.7 Å². The molecule has 0 bridgehead atoms. The molecule has 0 aromatic carbocycles. The molecule has 4 nitrogen and oxygen atoms in total. The lowest BCUT2D eigenvalue weighted by Gasteiger charge is -2.29. The van der Waals surface area contributed by atoms with Crippen LogP contribution in [-0.4, -0.2) is 29.9 Å². The maximum Gasteiger partial charge on any atom is 0.246 e. The molecule has 1 aliphatic rings. The van der Waals surface area contributed by atoms with Crippen LogP contribution < -0.4 is 5.73 Å². The number of likely N-dealkylation sites (tertiary alicyclic amines) is 1. The molecule has 0 aliphatic carbocycles. The van der Waals surface area contributed by atoms with Crippen LogP contribution in [0.3, 0.4) is 0 Å². The highest BCUT2D eigenvalue weighted by Gasteiger charge is 2.19. The summed E-state index contributed by atoms with van der Waals surface area (Å²) in [5.74, 6) is 0.696. The van der Waals surface area contributed by atoms with E-state index in [0.717, 1.165) is 19.4 Å². The maximum atomic E-state index is 11.8. The number of nitrogens with zero attached hydrogens (tertiary/aromatic N) is 1. The minimum Gasteiger partial charge on any atom is -0.465 e. The van der Waals surface area contributed by atoms with Crippen molar-refractivity contribution in [2.24, 2.45) is 5.73 Å². The smallest absolute Gasteiger partial charge is 0.246 e. The monoisotopic (exact) mass is 220 g/mol. The van der Waals surface area contributed by atoms with Crippen molar-refractivity contribution in [3.05, 3.63) is 30.2 Å². The van der Waals surface area contributed by atoms with Gasteiger partial charge in [-0.2, -0.15) is 0 Å². The number of nitrogens with two attached hydrogens (primary N) is 1. The van der Waals surface area contributed by atoms with Gasteiger partial charge in [-0.05, 0) is 31.1 Å². The van der Waals surface area contributed by atoms with Gasteiger partial charge in [-0.3, -0.25) is 4.79 Å². The zero-order valence-corrected chi connectivity index (χ0v) is 9.13. The van der Waals surface area contributed by atoms with Gasteiger partial charge in [0, 0.05) is 25.2 Å². The number of rotatable bonds is 2. The van der Waals surface area contributed by atoms with E-state index in [9.17, 15) is 4.79 Å². The SMILES string of the molecule is N[C@@H]1CCCN(C(=O)/C=C/c2ccco2)C1. The van der Waals surface area contributed by atoms with Gasteiger partial charge in [0.2, 0.25) is 5.91 Å². The van der Waals surface area contributed by atoms with Crippen LogP contribution in [0.1, 0.15) is 18.6 Å². The molecule has 1 atom stereocenters. The van der Waals surface area contributed by atoms with Gasteiger partial charge in [-0.25, -0.2) is 0 Å². The summed E-state index contributed by atoms with van der Waals surface area (Å²) in [5, 5.41) is 0. The summed E-state index contributed by atoms with van der Waals surface area (Å²) in [6, 6.07) is 3.72. The molecule has 2 heterocycles. The first-order valence-electron chi connectivity index (χ1n) is 5.52. The summed E-state index contributed by atoms with van der Waals surface area (Å²) in [7, 11) is 0. The average Bonchev–Trinajstić information content (AvgIpc) is 2.78. The van der Waals surface area contributed by atoms with Crippen LogP contribution in [0, 0.1) is 0 Å². The lowest BCUT2D eigenvalue weighted by Crippen LogP contribution is -2.45. The number of piperidine rings is 1. The number of furan rings is 1. The van der Waals surface area contributed by atoms with Crippen LogP contribution in [0.2, 0.25) is 0 Å². The Kier molecular flexibility index (Phi) is 3.41. The fraction of sp³-hybridized carbons (Fsp3) is 0.417. The molecule has 1 aliphatic heterocycles. The molecule has 2 N–H and O–H groups in total. The highest BCUT2D eigenvalue weighted by atomic mass is 16.3. The fourth-order valence-corrected chi connectivity index (χ4v) is 1.86. The van der Waals surface area contributed by atoms with Crippen molar-refractivity contribution >= 4 is 12.0 Å². The van der Waals surface area contributed by atoms with E-state index in [-0.39, 0.29) is 11.9 Å². The van der Waals surface area contributed by atoms with Gasteiger partial charge in [0.25, 0.3) is 0 Å². The zero-order chi connectivity index (χ0) is 11.4. The Morgan fingerprint density at radius 2 is 2.50 bits per heavy atom. The highest BCUT2D eigenvalue weighted by Crippen LogP contribution is 2.09. The van der Waals surface area contributed by atoms with Crippen molar-refractivity contribution in [1.82, 2.24) is 4.90 Å². The maximum absolute atomic E-state index is 11.8. The lowest BCUT2D eigenvalue weighted by molar-refractivity contribution is -0.127. The van der Waals surface area contributed by atoms with E-state index >= 15 is 0 Å². The van der Waals surface area contributed by atoms with Crippen molar-refractivity contribution in [3.8, 4) is 0 Å². The normalized spacial score (nSPS) is 21.6. The predicted octanol–water partition coefficient (Wildman–Crippen LogP) is 1.24. The molecule has 2 rings (SSSR count). The van der Waals surface area contributed by atoms with E-state index in [0.29, 0.717) is 12.3 Å². The summed E-state index contributed by atoms with van der Waals surface area (Å²) >= 11 is 0. The van der Waals surface area contributed by atoms with Crippen molar-refractivity contribution in [2.75, 3.05) is 13.1 Å². The average molecular weight is 220 g/mol. The van der Waals surface area contributed by atoms with Crippen LogP contribution in [0.25, 0.3) is 6.08 Å². The van der Waals surface area contributed by atoms with E-state index in [1.165, 1.54) is 6.08 Å². The molecule has 86 valence electrons. The molecular weight excluding hydrogens is 204 g/mol. The quantitative estimate of drug-likeness (QED) is 0.763. The molecule has 0 saturated carbocycles. The second kappa shape index (κ2) is 4.99. The third-order valence-corrected chi connectivity index (χ3v) is 2.70. The first-order valence-corrected chi connectivity index (χ1v) is 5.52. The minimum atomic E-state index is 0.00606. The Hall–Kier alpha value is -1.55. The molecule has 0 unspecified atom stereocenters. The van der Waals surface area contributed by atoms with E-state index in [1.807, 2.05) is 6.07 Å². The van der Waals surface area contributed by atoms with Crippen LogP contribution in [0.5, 0.6) is 0 Å². The highest BCUT2D eigenvalue weighted by molar-refractivity contribution is 5.91. The van der Waals surface area contributed by atoms with Crippen LogP contribution >= 0.6 is 0 Å². The first-order chi connectivity index (χ1) is 7.75. The molecular formula is C12H16N2O2. The van der Waals surface area contributed by atoms with E-state index in [4.69, 9.17) is 10.2 Å². The van der Waals surface area contributed by atoms with Crippen LogP contribution in [0.15, 0.2) is 28.9 Å². The van der Waals surface area contributed by atoms with Crippen LogP contribution in [-0.2, 0) is 4.79 Å². The predicted molar refractivity (Wildman–Crippen MR) is 61.5 cm³/mol. The Balaban J connectivity index is 1.92. The molecule has 1 amide bonds. The molecule has 0 spiro atoms. The Bertz CT molecular complexity index is 370. The fourth-order valence-electron chi connectivity index (χ4n) is 1.86. The molecule has 4 heteroatoms. The number of carbonyl (C=O) groups is 1. The third-order valence-electron chi connectivity index (χ3n) is 2.70. The second-order valence-electron chi connectivity index (χ2n) is 4.04. The van der Waals surface area contributed by atoms with Crippen molar-refractivity contribution < 1.29 is 9.21 Å². The van der Waals surface area contributed by atoms with Crippen LogP contribution in [0.4, 0.5) is 0 Å². The summed E-state index contributed by atoms with van der Waals surface area (Å²) in [5.41, 5.74) is 5.82. The van der Waals surface area contributed by atoms with Crippen molar-refractivity contribution in [2.45, 2.75) is 18.9 Å².